The number of rotatable bonds is 7. The van der Waals surface area contributed by atoms with E-state index in [0.717, 1.165) is 29.1 Å². The van der Waals surface area contributed by atoms with E-state index < -0.39 is 0 Å². The van der Waals surface area contributed by atoms with E-state index in [4.69, 9.17) is 14.5 Å². The molecule has 0 aromatic carbocycles. The fourth-order valence-electron chi connectivity index (χ4n) is 4.46. The summed E-state index contributed by atoms with van der Waals surface area (Å²) in [6, 6.07) is 4.15. The lowest BCUT2D eigenvalue weighted by atomic mass is 10.0. The Morgan fingerprint density at radius 3 is 2.82 bits per heavy atom. The van der Waals surface area contributed by atoms with Crippen LogP contribution >= 0.6 is 11.3 Å². The van der Waals surface area contributed by atoms with Gasteiger partial charge in [-0.15, -0.1) is 11.3 Å². The number of carbonyl (C=O) groups excluding carboxylic acids is 1. The van der Waals surface area contributed by atoms with Gasteiger partial charge in [0.15, 0.2) is 11.6 Å². The molecule has 0 spiro atoms. The zero-order valence-corrected chi connectivity index (χ0v) is 19.7. The van der Waals surface area contributed by atoms with Crippen LogP contribution in [-0.4, -0.2) is 60.7 Å². The molecule has 0 bridgehead atoms. The van der Waals surface area contributed by atoms with Crippen molar-refractivity contribution in [3.63, 3.8) is 0 Å². The second-order valence-corrected chi connectivity index (χ2v) is 9.93. The van der Waals surface area contributed by atoms with Gasteiger partial charge in [-0.1, -0.05) is 5.16 Å². The van der Waals surface area contributed by atoms with Crippen LogP contribution in [0.5, 0.6) is 0 Å². The van der Waals surface area contributed by atoms with Gasteiger partial charge in [-0.2, -0.15) is 5.10 Å². The summed E-state index contributed by atoms with van der Waals surface area (Å²) in [5.41, 5.74) is 1.25. The summed E-state index contributed by atoms with van der Waals surface area (Å²) in [6.07, 6.45) is 9.35. The molecule has 4 aromatic heterocycles. The molecule has 6 rings (SSSR count). The van der Waals surface area contributed by atoms with Gasteiger partial charge in [0.05, 0.1) is 11.8 Å². The number of carbonyl (C=O) groups is 1. The first kappa shape index (κ1) is 21.1. The van der Waals surface area contributed by atoms with Crippen LogP contribution in [-0.2, 0) is 0 Å². The normalized spacial score (nSPS) is 17.7. The number of hydrogen-bond donors (Lipinski definition) is 2. The predicted octanol–water partition coefficient (Wildman–Crippen LogP) is 3.77. The van der Waals surface area contributed by atoms with E-state index in [1.54, 1.807) is 35.9 Å². The molecule has 34 heavy (non-hydrogen) atoms. The summed E-state index contributed by atoms with van der Waals surface area (Å²) >= 11 is 1.58. The summed E-state index contributed by atoms with van der Waals surface area (Å²) < 4.78 is 6.70. The zero-order valence-electron chi connectivity index (χ0n) is 18.8. The Morgan fingerprint density at radius 1 is 1.21 bits per heavy atom. The van der Waals surface area contributed by atoms with Crippen molar-refractivity contribution in [1.29, 1.82) is 0 Å². The standard InChI is InChI=1S/C23H26N8O2S/c1-14(15-2-3-15)25-20-12-18(27-21(28-20)17-13-24-31-9-11-34-23(17)31)22(32)30-7-4-16(5-8-30)26-19-6-10-33-29-19/h6,9-16H,2-5,7-8H2,1H3,(H,26,29)(H,25,27,28)/t14-/m0/s1. The van der Waals surface area contributed by atoms with Crippen molar-refractivity contribution in [2.45, 2.75) is 44.7 Å². The fraction of sp³-hybridized carbons (Fsp3) is 0.435. The highest BCUT2D eigenvalue weighted by molar-refractivity contribution is 7.16. The van der Waals surface area contributed by atoms with Crippen LogP contribution in [0.3, 0.4) is 0 Å². The molecule has 1 saturated carbocycles. The first-order chi connectivity index (χ1) is 16.6. The summed E-state index contributed by atoms with van der Waals surface area (Å²) in [5.74, 6) is 2.53. The van der Waals surface area contributed by atoms with E-state index in [1.807, 2.05) is 21.0 Å². The zero-order chi connectivity index (χ0) is 23.1. The lowest BCUT2D eigenvalue weighted by Gasteiger charge is -2.32. The number of fused-ring (bicyclic) bond motifs is 1. The summed E-state index contributed by atoms with van der Waals surface area (Å²) in [5, 5.41) is 17.2. The minimum absolute atomic E-state index is 0.0692. The average Bonchev–Trinajstić information content (AvgIpc) is 3.19. The Kier molecular flexibility index (Phi) is 5.40. The molecular formula is C23H26N8O2S. The molecule has 10 nitrogen and oxygen atoms in total. The van der Waals surface area contributed by atoms with Gasteiger partial charge in [0.2, 0.25) is 0 Å². The van der Waals surface area contributed by atoms with Crippen LogP contribution in [0.1, 0.15) is 43.1 Å². The highest BCUT2D eigenvalue weighted by Crippen LogP contribution is 2.34. The topological polar surface area (TPSA) is 113 Å². The maximum atomic E-state index is 13.5. The quantitative estimate of drug-likeness (QED) is 0.413. The van der Waals surface area contributed by atoms with Gasteiger partial charge < -0.3 is 20.1 Å². The maximum absolute atomic E-state index is 13.5. The summed E-state index contributed by atoms with van der Waals surface area (Å²) in [7, 11) is 0. The van der Waals surface area contributed by atoms with E-state index in [9.17, 15) is 4.79 Å². The minimum atomic E-state index is -0.0692. The Balaban J connectivity index is 1.24. The third kappa shape index (κ3) is 4.23. The Bertz CT molecular complexity index is 1290. The Hall–Kier alpha value is -3.47. The number of thiazole rings is 1. The molecule has 5 heterocycles. The number of anilines is 2. The molecule has 1 amide bonds. The Labute approximate surface area is 200 Å². The molecule has 1 atom stereocenters. The molecule has 0 radical (unpaired) electrons. The number of piperidine rings is 1. The van der Waals surface area contributed by atoms with Crippen molar-refractivity contribution in [3.8, 4) is 11.4 Å². The SMILES string of the molecule is C[C@H](Nc1cc(C(=O)N2CCC(Nc3ccon3)CC2)nc(-c2cnn3ccsc23)n1)C1CC1. The number of amides is 1. The molecule has 1 aliphatic carbocycles. The molecular weight excluding hydrogens is 452 g/mol. The molecule has 176 valence electrons. The molecule has 0 unspecified atom stereocenters. The van der Waals surface area contributed by atoms with Crippen molar-refractivity contribution in [2.75, 3.05) is 23.7 Å². The van der Waals surface area contributed by atoms with Crippen molar-refractivity contribution in [3.05, 3.63) is 41.9 Å². The predicted molar refractivity (Wildman–Crippen MR) is 129 cm³/mol. The van der Waals surface area contributed by atoms with E-state index in [-0.39, 0.29) is 11.9 Å². The fourth-order valence-corrected chi connectivity index (χ4v) is 5.26. The van der Waals surface area contributed by atoms with Crippen LogP contribution < -0.4 is 10.6 Å². The lowest BCUT2D eigenvalue weighted by molar-refractivity contribution is 0.0712. The molecule has 2 N–H and O–H groups in total. The van der Waals surface area contributed by atoms with Gasteiger partial charge in [0, 0.05) is 48.9 Å². The highest BCUT2D eigenvalue weighted by Gasteiger charge is 2.29. The van der Waals surface area contributed by atoms with E-state index in [0.29, 0.717) is 42.4 Å². The molecule has 2 aliphatic rings. The number of likely N-dealkylation sites (tertiary alicyclic amines) is 1. The second-order valence-electron chi connectivity index (χ2n) is 9.04. The van der Waals surface area contributed by atoms with Crippen LogP contribution in [0.15, 0.2) is 40.7 Å². The maximum Gasteiger partial charge on any atom is 0.272 e. The van der Waals surface area contributed by atoms with E-state index in [2.05, 4.69) is 27.8 Å². The van der Waals surface area contributed by atoms with Gasteiger partial charge in [0.25, 0.3) is 5.91 Å². The number of hydrogen-bond acceptors (Lipinski definition) is 9. The molecule has 11 heteroatoms. The van der Waals surface area contributed by atoms with Crippen molar-refractivity contribution < 1.29 is 9.32 Å². The van der Waals surface area contributed by atoms with Crippen LogP contribution in [0.2, 0.25) is 0 Å². The second kappa shape index (κ2) is 8.71. The van der Waals surface area contributed by atoms with E-state index in [1.165, 1.54) is 12.8 Å². The van der Waals surface area contributed by atoms with Gasteiger partial charge in [0.1, 0.15) is 22.6 Å². The molecule has 2 fully saturated rings. The van der Waals surface area contributed by atoms with Gasteiger partial charge in [-0.25, -0.2) is 14.5 Å². The summed E-state index contributed by atoms with van der Waals surface area (Å²) in [4.78, 5) is 25.8. The van der Waals surface area contributed by atoms with Crippen molar-refractivity contribution in [2.24, 2.45) is 5.92 Å². The monoisotopic (exact) mass is 478 g/mol. The van der Waals surface area contributed by atoms with Gasteiger partial charge in [-0.05, 0) is 38.5 Å². The van der Waals surface area contributed by atoms with Crippen molar-refractivity contribution in [1.82, 2.24) is 29.6 Å². The van der Waals surface area contributed by atoms with E-state index >= 15 is 0 Å². The minimum Gasteiger partial charge on any atom is -0.367 e. The largest absolute Gasteiger partial charge is 0.367 e. The van der Waals surface area contributed by atoms with Crippen LogP contribution in [0, 0.1) is 5.92 Å². The molecule has 1 saturated heterocycles. The first-order valence-corrected chi connectivity index (χ1v) is 12.5. The third-order valence-corrected chi connectivity index (χ3v) is 7.48. The number of aromatic nitrogens is 5. The lowest BCUT2D eigenvalue weighted by Crippen LogP contribution is -2.42. The number of nitrogens with one attached hydrogen (secondary N) is 2. The first-order valence-electron chi connectivity index (χ1n) is 11.7. The van der Waals surface area contributed by atoms with Gasteiger partial charge in [-0.3, -0.25) is 4.79 Å². The average molecular weight is 479 g/mol. The smallest absolute Gasteiger partial charge is 0.272 e. The number of nitrogens with zero attached hydrogens (tertiary/aromatic N) is 6. The Morgan fingerprint density at radius 2 is 2.06 bits per heavy atom. The van der Waals surface area contributed by atoms with Crippen molar-refractivity contribution >= 4 is 33.7 Å². The third-order valence-electron chi connectivity index (χ3n) is 6.59. The van der Waals surface area contributed by atoms with Crippen LogP contribution in [0.25, 0.3) is 16.2 Å². The molecule has 4 aromatic rings. The van der Waals surface area contributed by atoms with Crippen LogP contribution in [0.4, 0.5) is 11.6 Å². The summed E-state index contributed by atoms with van der Waals surface area (Å²) in [6.45, 7) is 3.47. The highest BCUT2D eigenvalue weighted by atomic mass is 32.1. The van der Waals surface area contributed by atoms with Gasteiger partial charge >= 0.3 is 0 Å². The molecule has 1 aliphatic heterocycles.